The topological polar surface area (TPSA) is 52.5 Å². The van der Waals surface area contributed by atoms with Crippen molar-refractivity contribution in [1.29, 1.82) is 10.5 Å². The van der Waals surface area contributed by atoms with E-state index in [4.69, 9.17) is 0 Å². The fourth-order valence-corrected chi connectivity index (χ4v) is 4.66. The highest BCUT2D eigenvalue weighted by Gasteiger charge is 2.20. The van der Waals surface area contributed by atoms with Gasteiger partial charge in [-0.2, -0.15) is 10.5 Å². The SMILES string of the molecule is N#Cc1cccc(C#N)c1-n1c2cc3ccccc3cc2c2ccc3ccccc3c21. The molecule has 0 radical (unpaired) electrons. The van der Waals surface area contributed by atoms with Crippen LogP contribution in [0.5, 0.6) is 0 Å². The van der Waals surface area contributed by atoms with Gasteiger partial charge in [0.15, 0.2) is 0 Å². The van der Waals surface area contributed by atoms with Crippen molar-refractivity contribution >= 4 is 43.4 Å². The lowest BCUT2D eigenvalue weighted by molar-refractivity contribution is 1.16. The molecule has 31 heavy (non-hydrogen) atoms. The van der Waals surface area contributed by atoms with E-state index in [-0.39, 0.29) is 0 Å². The van der Waals surface area contributed by atoms with Crippen LogP contribution >= 0.6 is 0 Å². The maximum absolute atomic E-state index is 9.89. The first-order chi connectivity index (χ1) is 15.3. The Bertz CT molecular complexity index is 1730. The number of hydrogen-bond donors (Lipinski definition) is 0. The summed E-state index contributed by atoms with van der Waals surface area (Å²) in [7, 11) is 0. The normalized spacial score (nSPS) is 11.2. The summed E-state index contributed by atoms with van der Waals surface area (Å²) in [6, 6.07) is 35.1. The third kappa shape index (κ3) is 2.38. The average Bonchev–Trinajstić information content (AvgIpc) is 3.15. The molecular weight excluding hydrogens is 378 g/mol. The van der Waals surface area contributed by atoms with Gasteiger partial charge in [-0.25, -0.2) is 0 Å². The molecule has 0 aliphatic heterocycles. The van der Waals surface area contributed by atoms with Crippen LogP contribution < -0.4 is 0 Å². The number of hydrogen-bond acceptors (Lipinski definition) is 2. The van der Waals surface area contributed by atoms with Crippen LogP contribution in [0.25, 0.3) is 49.0 Å². The molecule has 3 nitrogen and oxygen atoms in total. The van der Waals surface area contributed by atoms with Gasteiger partial charge in [0.05, 0.1) is 27.8 Å². The third-order valence-electron chi connectivity index (χ3n) is 6.02. The first-order valence-corrected chi connectivity index (χ1v) is 10.1. The van der Waals surface area contributed by atoms with Crippen LogP contribution in [0.3, 0.4) is 0 Å². The number of para-hydroxylation sites is 1. The molecule has 0 aliphatic rings. The number of benzene rings is 5. The van der Waals surface area contributed by atoms with Gasteiger partial charge >= 0.3 is 0 Å². The molecule has 0 aliphatic carbocycles. The Labute approximate surface area is 178 Å². The second kappa shape index (κ2) is 6.46. The van der Waals surface area contributed by atoms with E-state index in [2.05, 4.69) is 65.2 Å². The standard InChI is InChI=1S/C28H15N3/c29-16-21-9-5-10-22(17-30)27(21)31-26-15-20-8-2-1-7-19(20)14-25(26)24-13-12-18-6-3-4-11-23(18)28(24)31/h1-15H. The van der Waals surface area contributed by atoms with Gasteiger partial charge in [-0.3, -0.25) is 0 Å². The van der Waals surface area contributed by atoms with Crippen LogP contribution in [0, 0.1) is 22.7 Å². The maximum atomic E-state index is 9.89. The molecule has 5 aromatic carbocycles. The molecule has 0 saturated carbocycles. The number of aromatic nitrogens is 1. The van der Waals surface area contributed by atoms with Crippen molar-refractivity contribution in [2.45, 2.75) is 0 Å². The van der Waals surface area contributed by atoms with E-state index in [0.717, 1.165) is 43.4 Å². The van der Waals surface area contributed by atoms with Crippen molar-refractivity contribution < 1.29 is 0 Å². The van der Waals surface area contributed by atoms with Gasteiger partial charge < -0.3 is 4.57 Å². The summed E-state index contributed by atoms with van der Waals surface area (Å²) in [5.74, 6) is 0. The zero-order chi connectivity index (χ0) is 20.9. The molecule has 0 amide bonds. The lowest BCUT2D eigenvalue weighted by Gasteiger charge is -2.13. The molecule has 0 bridgehead atoms. The van der Waals surface area contributed by atoms with Gasteiger partial charge in [0.1, 0.15) is 12.1 Å². The number of nitriles is 2. The highest BCUT2D eigenvalue weighted by molar-refractivity contribution is 6.20. The Kier molecular flexibility index (Phi) is 3.60. The Morgan fingerprint density at radius 3 is 1.90 bits per heavy atom. The quantitative estimate of drug-likeness (QED) is 0.307. The van der Waals surface area contributed by atoms with E-state index in [1.54, 1.807) is 18.2 Å². The van der Waals surface area contributed by atoms with E-state index in [1.165, 1.54) is 0 Å². The largest absolute Gasteiger partial charge is 0.306 e. The second-order valence-electron chi connectivity index (χ2n) is 7.66. The predicted octanol–water partition coefficient (Wildman–Crippen LogP) is 6.83. The fraction of sp³-hybridized carbons (Fsp3) is 0. The van der Waals surface area contributed by atoms with E-state index in [0.29, 0.717) is 16.8 Å². The van der Waals surface area contributed by atoms with Crippen molar-refractivity contribution in [3.63, 3.8) is 0 Å². The molecule has 0 fully saturated rings. The Balaban J connectivity index is 1.95. The molecule has 6 rings (SSSR count). The maximum Gasteiger partial charge on any atom is 0.101 e. The summed E-state index contributed by atoms with van der Waals surface area (Å²) < 4.78 is 2.11. The summed E-state index contributed by atoms with van der Waals surface area (Å²) >= 11 is 0. The average molecular weight is 393 g/mol. The van der Waals surface area contributed by atoms with Gasteiger partial charge in [-0.05, 0) is 40.4 Å². The van der Waals surface area contributed by atoms with Gasteiger partial charge in [-0.15, -0.1) is 0 Å². The monoisotopic (exact) mass is 393 g/mol. The minimum atomic E-state index is 0.485. The molecule has 0 unspecified atom stereocenters. The minimum absolute atomic E-state index is 0.485. The van der Waals surface area contributed by atoms with Crippen molar-refractivity contribution in [1.82, 2.24) is 4.57 Å². The second-order valence-corrected chi connectivity index (χ2v) is 7.66. The van der Waals surface area contributed by atoms with Crippen molar-refractivity contribution in [3.8, 4) is 17.8 Å². The van der Waals surface area contributed by atoms with Crippen LogP contribution in [0.15, 0.2) is 91.0 Å². The van der Waals surface area contributed by atoms with Crippen LogP contribution in [-0.2, 0) is 0 Å². The Morgan fingerprint density at radius 2 is 1.19 bits per heavy atom. The number of fused-ring (bicyclic) bond motifs is 6. The van der Waals surface area contributed by atoms with Gasteiger partial charge in [-0.1, -0.05) is 66.7 Å². The van der Waals surface area contributed by atoms with Crippen LogP contribution in [0.4, 0.5) is 0 Å². The third-order valence-corrected chi connectivity index (χ3v) is 6.02. The Morgan fingerprint density at radius 1 is 0.548 bits per heavy atom. The predicted molar refractivity (Wildman–Crippen MR) is 125 cm³/mol. The molecule has 1 aromatic heterocycles. The first-order valence-electron chi connectivity index (χ1n) is 10.1. The molecule has 3 heteroatoms. The lowest BCUT2D eigenvalue weighted by atomic mass is 10.0. The minimum Gasteiger partial charge on any atom is -0.306 e. The molecule has 6 aromatic rings. The summed E-state index contributed by atoms with van der Waals surface area (Å²) in [5.41, 5.74) is 3.61. The van der Waals surface area contributed by atoms with Crippen LogP contribution in [0.2, 0.25) is 0 Å². The van der Waals surface area contributed by atoms with E-state index in [9.17, 15) is 10.5 Å². The van der Waals surface area contributed by atoms with Gasteiger partial charge in [0.25, 0.3) is 0 Å². The highest BCUT2D eigenvalue weighted by atomic mass is 15.0. The molecule has 0 spiro atoms. The highest BCUT2D eigenvalue weighted by Crippen LogP contribution is 2.39. The van der Waals surface area contributed by atoms with Crippen molar-refractivity contribution in [2.24, 2.45) is 0 Å². The Hall–Kier alpha value is -4.60. The first kappa shape index (κ1) is 17.3. The van der Waals surface area contributed by atoms with E-state index in [1.807, 2.05) is 24.3 Å². The molecule has 142 valence electrons. The summed E-state index contributed by atoms with van der Waals surface area (Å²) in [6.45, 7) is 0. The van der Waals surface area contributed by atoms with Crippen molar-refractivity contribution in [3.05, 3.63) is 102 Å². The molecular formula is C28H15N3. The smallest absolute Gasteiger partial charge is 0.101 e. The van der Waals surface area contributed by atoms with E-state index < -0.39 is 0 Å². The van der Waals surface area contributed by atoms with Gasteiger partial charge in [0.2, 0.25) is 0 Å². The molecule has 1 heterocycles. The zero-order valence-corrected chi connectivity index (χ0v) is 16.5. The summed E-state index contributed by atoms with van der Waals surface area (Å²) in [5, 5.41) is 26.5. The zero-order valence-electron chi connectivity index (χ0n) is 16.5. The van der Waals surface area contributed by atoms with Crippen LogP contribution in [-0.4, -0.2) is 4.57 Å². The molecule has 0 saturated heterocycles. The number of nitrogens with zero attached hydrogens (tertiary/aromatic N) is 3. The molecule has 0 atom stereocenters. The van der Waals surface area contributed by atoms with E-state index >= 15 is 0 Å². The summed E-state index contributed by atoms with van der Waals surface area (Å²) in [6.07, 6.45) is 0. The van der Waals surface area contributed by atoms with Gasteiger partial charge in [0, 0.05) is 16.2 Å². The van der Waals surface area contributed by atoms with Crippen LogP contribution in [0.1, 0.15) is 11.1 Å². The number of rotatable bonds is 1. The lowest BCUT2D eigenvalue weighted by Crippen LogP contribution is -2.01. The van der Waals surface area contributed by atoms with Crippen molar-refractivity contribution in [2.75, 3.05) is 0 Å². The summed E-state index contributed by atoms with van der Waals surface area (Å²) in [4.78, 5) is 0. The fourth-order valence-electron chi connectivity index (χ4n) is 4.66. The molecule has 0 N–H and O–H groups in total.